The molecule has 1 amide bonds. The van der Waals surface area contributed by atoms with E-state index >= 15 is 0 Å². The number of amides is 1. The van der Waals surface area contributed by atoms with Gasteiger partial charge in [-0.15, -0.1) is 0 Å². The van der Waals surface area contributed by atoms with Crippen LogP contribution in [0.4, 0.5) is 0 Å². The SMILES string of the molecule is CCOc1ccc2ccccc2c1/C=C/C(N)=O. The predicted molar refractivity (Wildman–Crippen MR) is 73.3 cm³/mol. The van der Waals surface area contributed by atoms with E-state index in [-0.39, 0.29) is 0 Å². The van der Waals surface area contributed by atoms with Crippen molar-refractivity contribution in [3.63, 3.8) is 0 Å². The van der Waals surface area contributed by atoms with E-state index in [1.165, 1.54) is 6.08 Å². The lowest BCUT2D eigenvalue weighted by Crippen LogP contribution is -2.05. The van der Waals surface area contributed by atoms with E-state index in [0.29, 0.717) is 6.61 Å². The Bertz CT molecular complexity index is 602. The van der Waals surface area contributed by atoms with Crippen molar-refractivity contribution in [2.24, 2.45) is 5.73 Å². The molecule has 3 heteroatoms. The highest BCUT2D eigenvalue weighted by Crippen LogP contribution is 2.29. The van der Waals surface area contributed by atoms with E-state index < -0.39 is 5.91 Å². The van der Waals surface area contributed by atoms with Gasteiger partial charge in [-0.25, -0.2) is 0 Å². The third-order valence-electron chi connectivity index (χ3n) is 2.64. The lowest BCUT2D eigenvalue weighted by molar-refractivity contribution is -0.113. The zero-order valence-corrected chi connectivity index (χ0v) is 10.2. The fourth-order valence-electron chi connectivity index (χ4n) is 1.89. The molecule has 18 heavy (non-hydrogen) atoms. The molecule has 2 aromatic carbocycles. The minimum Gasteiger partial charge on any atom is -0.493 e. The zero-order valence-electron chi connectivity index (χ0n) is 10.2. The third kappa shape index (κ3) is 2.51. The largest absolute Gasteiger partial charge is 0.493 e. The predicted octanol–water partition coefficient (Wildman–Crippen LogP) is 2.74. The number of hydrogen-bond donors (Lipinski definition) is 1. The molecule has 0 fully saturated rings. The zero-order chi connectivity index (χ0) is 13.0. The first-order valence-electron chi connectivity index (χ1n) is 5.84. The topological polar surface area (TPSA) is 52.3 Å². The maximum absolute atomic E-state index is 10.9. The van der Waals surface area contributed by atoms with E-state index in [1.54, 1.807) is 6.08 Å². The number of fused-ring (bicyclic) bond motifs is 1. The second kappa shape index (κ2) is 5.36. The summed E-state index contributed by atoms with van der Waals surface area (Å²) in [5.41, 5.74) is 6.02. The molecule has 0 radical (unpaired) electrons. The maximum atomic E-state index is 10.9. The highest BCUT2D eigenvalue weighted by Gasteiger charge is 2.05. The summed E-state index contributed by atoms with van der Waals surface area (Å²) in [6.45, 7) is 2.51. The first-order valence-corrected chi connectivity index (χ1v) is 5.84. The van der Waals surface area contributed by atoms with Gasteiger partial charge in [-0.1, -0.05) is 30.3 Å². The van der Waals surface area contributed by atoms with Crippen LogP contribution in [0.2, 0.25) is 0 Å². The van der Waals surface area contributed by atoms with E-state index in [1.807, 2.05) is 43.3 Å². The van der Waals surface area contributed by atoms with Crippen molar-refractivity contribution < 1.29 is 9.53 Å². The van der Waals surface area contributed by atoms with E-state index in [2.05, 4.69) is 0 Å². The number of carbonyl (C=O) groups excluding carboxylic acids is 1. The summed E-state index contributed by atoms with van der Waals surface area (Å²) in [6.07, 6.45) is 3.06. The van der Waals surface area contributed by atoms with Crippen molar-refractivity contribution in [1.82, 2.24) is 0 Å². The van der Waals surface area contributed by atoms with Crippen molar-refractivity contribution in [3.05, 3.63) is 48.0 Å². The minimum atomic E-state index is -0.467. The summed E-state index contributed by atoms with van der Waals surface area (Å²) in [6, 6.07) is 11.9. The number of benzene rings is 2. The fourth-order valence-corrected chi connectivity index (χ4v) is 1.89. The summed E-state index contributed by atoms with van der Waals surface area (Å²) < 4.78 is 5.57. The molecule has 3 nitrogen and oxygen atoms in total. The normalized spacial score (nSPS) is 10.9. The molecule has 0 saturated carbocycles. The molecule has 2 N–H and O–H groups in total. The van der Waals surface area contributed by atoms with Gasteiger partial charge in [0.25, 0.3) is 0 Å². The van der Waals surface area contributed by atoms with Crippen LogP contribution in [0.15, 0.2) is 42.5 Å². The van der Waals surface area contributed by atoms with Gasteiger partial charge in [-0.05, 0) is 29.8 Å². The summed E-state index contributed by atoms with van der Waals surface area (Å²) in [5, 5.41) is 2.14. The Morgan fingerprint density at radius 3 is 2.78 bits per heavy atom. The van der Waals surface area contributed by atoms with Gasteiger partial charge in [0, 0.05) is 11.6 Å². The number of nitrogens with two attached hydrogens (primary N) is 1. The molecular formula is C15H15NO2. The van der Waals surface area contributed by atoms with Gasteiger partial charge in [0.15, 0.2) is 0 Å². The van der Waals surface area contributed by atoms with Gasteiger partial charge in [0.2, 0.25) is 5.91 Å². The molecule has 0 spiro atoms. The van der Waals surface area contributed by atoms with E-state index in [4.69, 9.17) is 10.5 Å². The van der Waals surface area contributed by atoms with Crippen molar-refractivity contribution in [1.29, 1.82) is 0 Å². The highest BCUT2D eigenvalue weighted by molar-refractivity contribution is 5.97. The van der Waals surface area contributed by atoms with Crippen LogP contribution in [0.3, 0.4) is 0 Å². The molecule has 2 aromatic rings. The Morgan fingerprint density at radius 1 is 1.28 bits per heavy atom. The van der Waals surface area contributed by atoms with Crippen LogP contribution in [0.25, 0.3) is 16.8 Å². The maximum Gasteiger partial charge on any atom is 0.241 e. The quantitative estimate of drug-likeness (QED) is 0.837. The lowest BCUT2D eigenvalue weighted by Gasteiger charge is -2.10. The smallest absolute Gasteiger partial charge is 0.241 e. The molecule has 92 valence electrons. The van der Waals surface area contributed by atoms with Crippen LogP contribution in [-0.2, 0) is 4.79 Å². The van der Waals surface area contributed by atoms with Gasteiger partial charge in [0.05, 0.1) is 6.61 Å². The van der Waals surface area contributed by atoms with Crippen molar-refractivity contribution in [2.45, 2.75) is 6.92 Å². The molecule has 0 aliphatic rings. The van der Waals surface area contributed by atoms with Crippen LogP contribution in [-0.4, -0.2) is 12.5 Å². The van der Waals surface area contributed by atoms with Gasteiger partial charge in [0.1, 0.15) is 5.75 Å². The molecule has 0 aliphatic carbocycles. The first-order chi connectivity index (χ1) is 8.72. The molecular weight excluding hydrogens is 226 g/mol. The molecule has 2 rings (SSSR count). The molecule has 0 saturated heterocycles. The fraction of sp³-hybridized carbons (Fsp3) is 0.133. The van der Waals surface area contributed by atoms with Crippen LogP contribution in [0.1, 0.15) is 12.5 Å². The molecule has 0 bridgehead atoms. The molecule has 0 unspecified atom stereocenters. The van der Waals surface area contributed by atoms with E-state index in [9.17, 15) is 4.79 Å². The number of hydrogen-bond acceptors (Lipinski definition) is 2. The van der Waals surface area contributed by atoms with Crippen molar-refractivity contribution in [3.8, 4) is 5.75 Å². The average molecular weight is 241 g/mol. The van der Waals surface area contributed by atoms with E-state index in [0.717, 1.165) is 22.1 Å². The molecule has 0 aromatic heterocycles. The number of primary amides is 1. The van der Waals surface area contributed by atoms with Crippen molar-refractivity contribution in [2.75, 3.05) is 6.61 Å². The summed E-state index contributed by atoms with van der Waals surface area (Å²) in [4.78, 5) is 10.9. The Kier molecular flexibility index (Phi) is 3.63. The average Bonchev–Trinajstić information content (AvgIpc) is 2.37. The summed E-state index contributed by atoms with van der Waals surface area (Å²) in [7, 11) is 0. The van der Waals surface area contributed by atoms with Crippen molar-refractivity contribution >= 4 is 22.8 Å². The summed E-state index contributed by atoms with van der Waals surface area (Å²) >= 11 is 0. The Balaban J connectivity index is 2.62. The van der Waals surface area contributed by atoms with Crippen LogP contribution in [0, 0.1) is 0 Å². The number of carbonyl (C=O) groups is 1. The Morgan fingerprint density at radius 2 is 2.06 bits per heavy atom. The van der Waals surface area contributed by atoms with Gasteiger partial charge >= 0.3 is 0 Å². The number of ether oxygens (including phenoxy) is 1. The van der Waals surface area contributed by atoms with Crippen LogP contribution < -0.4 is 10.5 Å². The third-order valence-corrected chi connectivity index (χ3v) is 2.64. The Labute approximate surface area is 106 Å². The minimum absolute atomic E-state index is 0.467. The van der Waals surface area contributed by atoms with Crippen LogP contribution >= 0.6 is 0 Å². The van der Waals surface area contributed by atoms with Crippen LogP contribution in [0.5, 0.6) is 5.75 Å². The lowest BCUT2D eigenvalue weighted by atomic mass is 10.0. The monoisotopic (exact) mass is 241 g/mol. The standard InChI is InChI=1S/C15H15NO2/c1-2-18-14-9-7-11-5-3-4-6-12(11)13(14)8-10-15(16)17/h3-10H,2H2,1H3,(H2,16,17)/b10-8+. The number of rotatable bonds is 4. The molecule has 0 heterocycles. The molecule has 0 aliphatic heterocycles. The first kappa shape index (κ1) is 12.2. The Hall–Kier alpha value is -2.29. The second-order valence-electron chi connectivity index (χ2n) is 3.87. The highest BCUT2D eigenvalue weighted by atomic mass is 16.5. The molecule has 0 atom stereocenters. The second-order valence-corrected chi connectivity index (χ2v) is 3.87. The van der Waals surface area contributed by atoms with Gasteiger partial charge < -0.3 is 10.5 Å². The summed E-state index contributed by atoms with van der Waals surface area (Å²) in [5.74, 6) is 0.291. The van der Waals surface area contributed by atoms with Gasteiger partial charge in [-0.3, -0.25) is 4.79 Å². The van der Waals surface area contributed by atoms with Gasteiger partial charge in [-0.2, -0.15) is 0 Å².